The molecule has 0 saturated carbocycles. The molecule has 0 aliphatic heterocycles. The van der Waals surface area contributed by atoms with Crippen molar-refractivity contribution in [2.75, 3.05) is 38.8 Å². The summed E-state index contributed by atoms with van der Waals surface area (Å²) in [6, 6.07) is 15.5. The van der Waals surface area contributed by atoms with Crippen LogP contribution in [0.2, 0.25) is 0 Å². The number of nitrogens with zero attached hydrogens (tertiary/aromatic N) is 6. The lowest BCUT2D eigenvalue weighted by Gasteiger charge is -2.17. The average Bonchev–Trinajstić information content (AvgIpc) is 3.33. The number of rotatable bonds is 11. The average molecular weight is 460 g/mol. The van der Waals surface area contributed by atoms with E-state index in [0.717, 1.165) is 47.8 Å². The minimum atomic E-state index is 0.576. The Morgan fingerprint density at radius 1 is 1.06 bits per heavy atom. The van der Waals surface area contributed by atoms with Crippen molar-refractivity contribution in [3.63, 3.8) is 0 Å². The number of ether oxygens (including phenoxy) is 2. The molecule has 34 heavy (non-hydrogen) atoms. The zero-order valence-electron chi connectivity index (χ0n) is 19.7. The van der Waals surface area contributed by atoms with E-state index < -0.39 is 0 Å². The van der Waals surface area contributed by atoms with Crippen molar-refractivity contribution in [3.05, 3.63) is 66.6 Å². The summed E-state index contributed by atoms with van der Waals surface area (Å²) in [4.78, 5) is 11.0. The molecule has 2 aromatic heterocycles. The summed E-state index contributed by atoms with van der Waals surface area (Å²) in [5.41, 5.74) is 5.47. The first-order valence-electron chi connectivity index (χ1n) is 11.3. The Morgan fingerprint density at radius 3 is 2.65 bits per heavy atom. The smallest absolute Gasteiger partial charge is 0.168 e. The molecule has 0 aliphatic rings. The summed E-state index contributed by atoms with van der Waals surface area (Å²) in [5.74, 6) is 2.17. The third kappa shape index (κ3) is 5.49. The summed E-state index contributed by atoms with van der Waals surface area (Å²) in [6.07, 6.45) is 4.94. The van der Waals surface area contributed by atoms with E-state index in [9.17, 15) is 0 Å². The predicted octanol–water partition coefficient (Wildman–Crippen LogP) is 3.99. The number of hydrogen-bond acceptors (Lipinski definition) is 8. The van der Waals surface area contributed by atoms with Crippen LogP contribution in [0.15, 0.2) is 66.2 Å². The van der Waals surface area contributed by atoms with E-state index in [1.165, 1.54) is 6.33 Å². The SMILES string of the molecule is CCN(CC)CCOc1ccc(C=NNc2ncnc3c2cnn3-c2cccc(OC)c2)cc1. The van der Waals surface area contributed by atoms with Crippen molar-refractivity contribution >= 4 is 23.1 Å². The Bertz CT molecular complexity index is 1230. The molecule has 2 heterocycles. The van der Waals surface area contributed by atoms with Gasteiger partial charge in [-0.15, -0.1) is 0 Å². The second kappa shape index (κ2) is 11.2. The molecule has 9 heteroatoms. The largest absolute Gasteiger partial charge is 0.497 e. The van der Waals surface area contributed by atoms with Crippen LogP contribution in [0.1, 0.15) is 19.4 Å². The van der Waals surface area contributed by atoms with Crippen LogP contribution in [0.3, 0.4) is 0 Å². The highest BCUT2D eigenvalue weighted by molar-refractivity contribution is 5.88. The molecule has 0 unspecified atom stereocenters. The van der Waals surface area contributed by atoms with Gasteiger partial charge >= 0.3 is 0 Å². The zero-order chi connectivity index (χ0) is 23.8. The van der Waals surface area contributed by atoms with Gasteiger partial charge in [-0.1, -0.05) is 19.9 Å². The molecule has 0 bridgehead atoms. The molecular weight excluding hydrogens is 430 g/mol. The Labute approximate surface area is 199 Å². The summed E-state index contributed by atoms with van der Waals surface area (Å²) >= 11 is 0. The third-order valence-corrected chi connectivity index (χ3v) is 5.50. The van der Waals surface area contributed by atoms with Gasteiger partial charge in [0.25, 0.3) is 0 Å². The van der Waals surface area contributed by atoms with Crippen LogP contribution in [-0.2, 0) is 0 Å². The minimum Gasteiger partial charge on any atom is -0.497 e. The normalized spacial score (nSPS) is 11.4. The van der Waals surface area contributed by atoms with Gasteiger partial charge in [-0.25, -0.2) is 14.6 Å². The van der Waals surface area contributed by atoms with E-state index in [2.05, 4.69) is 44.3 Å². The van der Waals surface area contributed by atoms with Gasteiger partial charge < -0.3 is 14.4 Å². The van der Waals surface area contributed by atoms with Gasteiger partial charge in [0.05, 0.1) is 30.6 Å². The Balaban J connectivity index is 1.40. The zero-order valence-corrected chi connectivity index (χ0v) is 19.7. The maximum atomic E-state index is 5.83. The first-order valence-corrected chi connectivity index (χ1v) is 11.3. The summed E-state index contributed by atoms with van der Waals surface area (Å²) in [5, 5.41) is 9.58. The number of benzene rings is 2. The fourth-order valence-electron chi connectivity index (χ4n) is 3.51. The number of fused-ring (bicyclic) bond motifs is 1. The fourth-order valence-corrected chi connectivity index (χ4v) is 3.51. The highest BCUT2D eigenvalue weighted by Crippen LogP contribution is 2.23. The molecule has 0 atom stereocenters. The lowest BCUT2D eigenvalue weighted by molar-refractivity contribution is 0.223. The van der Waals surface area contributed by atoms with E-state index in [1.807, 2.05) is 48.5 Å². The number of likely N-dealkylation sites (N-methyl/N-ethyl adjacent to an activating group) is 1. The second-order valence-electron chi connectivity index (χ2n) is 7.53. The van der Waals surface area contributed by atoms with Crippen molar-refractivity contribution in [2.45, 2.75) is 13.8 Å². The number of nitrogens with one attached hydrogen (secondary N) is 1. The molecule has 1 N–H and O–H groups in total. The number of anilines is 1. The number of hydrazone groups is 1. The molecular formula is C25H29N7O2. The van der Waals surface area contributed by atoms with Crippen LogP contribution >= 0.6 is 0 Å². The Morgan fingerprint density at radius 2 is 1.88 bits per heavy atom. The van der Waals surface area contributed by atoms with Crippen molar-refractivity contribution in [1.82, 2.24) is 24.6 Å². The molecule has 176 valence electrons. The van der Waals surface area contributed by atoms with E-state index in [1.54, 1.807) is 24.2 Å². The van der Waals surface area contributed by atoms with Gasteiger partial charge in [-0.05, 0) is 55.1 Å². The molecule has 0 saturated heterocycles. The minimum absolute atomic E-state index is 0.576. The molecule has 0 aliphatic carbocycles. The standard InChI is InChI=1S/C25H29N7O2/c1-4-31(5-2)13-14-34-21-11-9-19(10-12-21)16-28-30-24-23-17-29-32(25(23)27-18-26-24)20-7-6-8-22(15-20)33-3/h6-12,15-18H,4-5,13-14H2,1-3H3,(H,26,27,30). The van der Waals surface area contributed by atoms with Crippen LogP contribution in [-0.4, -0.2) is 64.2 Å². The van der Waals surface area contributed by atoms with Crippen LogP contribution in [0.25, 0.3) is 16.7 Å². The molecule has 0 radical (unpaired) electrons. The number of aromatic nitrogens is 4. The fraction of sp³-hybridized carbons (Fsp3) is 0.280. The molecule has 0 amide bonds. The van der Waals surface area contributed by atoms with E-state index in [0.29, 0.717) is 18.1 Å². The van der Waals surface area contributed by atoms with Gasteiger partial charge in [-0.2, -0.15) is 10.2 Å². The van der Waals surface area contributed by atoms with Gasteiger partial charge in [0.2, 0.25) is 0 Å². The topological polar surface area (TPSA) is 89.7 Å². The molecule has 2 aromatic carbocycles. The van der Waals surface area contributed by atoms with E-state index in [4.69, 9.17) is 9.47 Å². The summed E-state index contributed by atoms with van der Waals surface area (Å²) < 4.78 is 12.9. The summed E-state index contributed by atoms with van der Waals surface area (Å²) in [6.45, 7) is 7.97. The molecule has 9 nitrogen and oxygen atoms in total. The van der Waals surface area contributed by atoms with Gasteiger partial charge in [0, 0.05) is 12.6 Å². The Hall–Kier alpha value is -3.98. The van der Waals surface area contributed by atoms with Crippen LogP contribution < -0.4 is 14.9 Å². The first kappa shape index (κ1) is 23.2. The second-order valence-corrected chi connectivity index (χ2v) is 7.53. The first-order chi connectivity index (χ1) is 16.7. The highest BCUT2D eigenvalue weighted by atomic mass is 16.5. The molecule has 4 aromatic rings. The quantitative estimate of drug-likeness (QED) is 0.268. The number of methoxy groups -OCH3 is 1. The maximum Gasteiger partial charge on any atom is 0.168 e. The lowest BCUT2D eigenvalue weighted by atomic mass is 10.2. The van der Waals surface area contributed by atoms with Gasteiger partial charge in [0.15, 0.2) is 11.5 Å². The monoisotopic (exact) mass is 459 g/mol. The predicted molar refractivity (Wildman–Crippen MR) is 134 cm³/mol. The van der Waals surface area contributed by atoms with Crippen LogP contribution in [0.5, 0.6) is 11.5 Å². The molecule has 0 spiro atoms. The number of hydrogen-bond donors (Lipinski definition) is 1. The highest BCUT2D eigenvalue weighted by Gasteiger charge is 2.11. The lowest BCUT2D eigenvalue weighted by Crippen LogP contribution is -2.27. The van der Waals surface area contributed by atoms with Gasteiger partial charge in [0.1, 0.15) is 24.4 Å². The van der Waals surface area contributed by atoms with Crippen molar-refractivity contribution < 1.29 is 9.47 Å². The molecule has 0 fully saturated rings. The van der Waals surface area contributed by atoms with E-state index in [-0.39, 0.29) is 0 Å². The van der Waals surface area contributed by atoms with Crippen molar-refractivity contribution in [3.8, 4) is 17.2 Å². The maximum absolute atomic E-state index is 5.83. The third-order valence-electron chi connectivity index (χ3n) is 5.50. The van der Waals surface area contributed by atoms with Gasteiger partial charge in [-0.3, -0.25) is 5.43 Å². The van der Waals surface area contributed by atoms with Crippen LogP contribution in [0.4, 0.5) is 5.82 Å². The van der Waals surface area contributed by atoms with Crippen molar-refractivity contribution in [2.24, 2.45) is 5.10 Å². The van der Waals surface area contributed by atoms with Crippen LogP contribution in [0, 0.1) is 0 Å². The Kier molecular flexibility index (Phi) is 7.67. The van der Waals surface area contributed by atoms with E-state index >= 15 is 0 Å². The summed E-state index contributed by atoms with van der Waals surface area (Å²) in [7, 11) is 1.64. The molecule has 4 rings (SSSR count). The van der Waals surface area contributed by atoms with Crippen molar-refractivity contribution in [1.29, 1.82) is 0 Å².